The quantitative estimate of drug-likeness (QED) is 0.389. The molecule has 10 heteroatoms. The van der Waals surface area contributed by atoms with Crippen molar-refractivity contribution in [1.29, 1.82) is 0 Å². The van der Waals surface area contributed by atoms with Crippen molar-refractivity contribution >= 4 is 23.2 Å². The summed E-state index contributed by atoms with van der Waals surface area (Å²) in [5.41, 5.74) is 6.66. The SMILES string of the molecule is CCN1CCN(c2ncnc(NNC(=O)C(c3ccccc3)c3ccccc3)c2[N+](=O)[O-])CC1. The Morgan fingerprint density at radius 1 is 1.00 bits per heavy atom. The average molecular weight is 462 g/mol. The number of nitro groups is 1. The van der Waals surface area contributed by atoms with Crippen molar-refractivity contribution in [3.05, 3.63) is 88.2 Å². The van der Waals surface area contributed by atoms with Gasteiger partial charge in [0.25, 0.3) is 0 Å². The second-order valence-electron chi connectivity index (χ2n) is 7.94. The molecular formula is C24H27N7O3. The number of carbonyl (C=O) groups excluding carboxylic acids is 1. The van der Waals surface area contributed by atoms with Crippen LogP contribution in [0, 0.1) is 10.1 Å². The van der Waals surface area contributed by atoms with Crippen molar-refractivity contribution in [2.24, 2.45) is 0 Å². The summed E-state index contributed by atoms with van der Waals surface area (Å²) in [5, 5.41) is 12.0. The molecule has 34 heavy (non-hydrogen) atoms. The molecule has 2 heterocycles. The average Bonchev–Trinajstić information content (AvgIpc) is 2.88. The summed E-state index contributed by atoms with van der Waals surface area (Å²) < 4.78 is 0. The summed E-state index contributed by atoms with van der Waals surface area (Å²) in [6.45, 7) is 5.87. The predicted octanol–water partition coefficient (Wildman–Crippen LogP) is 2.80. The molecule has 176 valence electrons. The molecule has 2 N–H and O–H groups in total. The van der Waals surface area contributed by atoms with Crippen LogP contribution in [0.2, 0.25) is 0 Å². The van der Waals surface area contributed by atoms with Gasteiger partial charge in [-0.15, -0.1) is 0 Å². The number of anilines is 2. The zero-order valence-electron chi connectivity index (χ0n) is 18.9. The number of carbonyl (C=O) groups is 1. The maximum Gasteiger partial charge on any atom is 0.355 e. The number of likely N-dealkylation sites (N-methyl/N-ethyl adjacent to an activating group) is 1. The van der Waals surface area contributed by atoms with Crippen molar-refractivity contribution in [2.75, 3.05) is 43.0 Å². The summed E-state index contributed by atoms with van der Waals surface area (Å²) in [4.78, 5) is 37.1. The molecule has 4 rings (SSSR count). The lowest BCUT2D eigenvalue weighted by atomic mass is 9.91. The fourth-order valence-corrected chi connectivity index (χ4v) is 4.12. The molecule has 1 aliphatic rings. The van der Waals surface area contributed by atoms with Gasteiger partial charge in [0, 0.05) is 26.2 Å². The second-order valence-corrected chi connectivity index (χ2v) is 7.94. The predicted molar refractivity (Wildman–Crippen MR) is 130 cm³/mol. The van der Waals surface area contributed by atoms with E-state index in [9.17, 15) is 14.9 Å². The Labute approximate surface area is 197 Å². The molecule has 1 aliphatic heterocycles. The lowest BCUT2D eigenvalue weighted by molar-refractivity contribution is -0.383. The molecule has 1 aromatic heterocycles. The van der Waals surface area contributed by atoms with Crippen molar-refractivity contribution in [2.45, 2.75) is 12.8 Å². The van der Waals surface area contributed by atoms with E-state index in [2.05, 4.69) is 32.6 Å². The Bertz CT molecular complexity index is 1080. The highest BCUT2D eigenvalue weighted by atomic mass is 16.6. The van der Waals surface area contributed by atoms with Gasteiger partial charge in [0.05, 0.1) is 10.8 Å². The van der Waals surface area contributed by atoms with E-state index in [4.69, 9.17) is 0 Å². The van der Waals surface area contributed by atoms with Crippen LogP contribution < -0.4 is 15.8 Å². The number of benzene rings is 2. The van der Waals surface area contributed by atoms with E-state index in [0.717, 1.165) is 30.8 Å². The Morgan fingerprint density at radius 3 is 2.12 bits per heavy atom. The molecule has 0 radical (unpaired) electrons. The van der Waals surface area contributed by atoms with Crippen molar-refractivity contribution in [3.8, 4) is 0 Å². The number of nitrogens with zero attached hydrogens (tertiary/aromatic N) is 5. The highest BCUT2D eigenvalue weighted by Gasteiger charge is 2.30. The molecule has 1 fully saturated rings. The van der Waals surface area contributed by atoms with Crippen LogP contribution in [0.5, 0.6) is 0 Å². The van der Waals surface area contributed by atoms with Gasteiger partial charge in [0.15, 0.2) is 0 Å². The van der Waals surface area contributed by atoms with Crippen molar-refractivity contribution in [1.82, 2.24) is 20.3 Å². The largest absolute Gasteiger partial charge is 0.355 e. The molecule has 0 unspecified atom stereocenters. The van der Waals surface area contributed by atoms with Gasteiger partial charge in [-0.3, -0.25) is 25.8 Å². The van der Waals surface area contributed by atoms with Crippen LogP contribution in [0.1, 0.15) is 24.0 Å². The first-order valence-corrected chi connectivity index (χ1v) is 11.2. The molecule has 0 aliphatic carbocycles. The van der Waals surface area contributed by atoms with Crippen molar-refractivity contribution < 1.29 is 9.72 Å². The van der Waals surface area contributed by atoms with Gasteiger partial charge in [-0.25, -0.2) is 9.97 Å². The number of amides is 1. The van der Waals surface area contributed by atoms with Gasteiger partial charge in [-0.2, -0.15) is 0 Å². The maximum atomic E-state index is 13.3. The lowest BCUT2D eigenvalue weighted by Crippen LogP contribution is -2.46. The first-order valence-electron chi connectivity index (χ1n) is 11.2. The van der Waals surface area contributed by atoms with Gasteiger partial charge in [0.1, 0.15) is 6.33 Å². The van der Waals surface area contributed by atoms with Crippen molar-refractivity contribution in [3.63, 3.8) is 0 Å². The van der Waals surface area contributed by atoms with Gasteiger partial charge in [-0.05, 0) is 17.7 Å². The van der Waals surface area contributed by atoms with Crippen LogP contribution in [0.25, 0.3) is 0 Å². The van der Waals surface area contributed by atoms with E-state index < -0.39 is 10.8 Å². The second kappa shape index (κ2) is 10.7. The summed E-state index contributed by atoms with van der Waals surface area (Å²) in [6, 6.07) is 18.7. The Kier molecular flexibility index (Phi) is 7.28. The molecule has 3 aromatic rings. The lowest BCUT2D eigenvalue weighted by Gasteiger charge is -2.34. The summed E-state index contributed by atoms with van der Waals surface area (Å²) in [7, 11) is 0. The van der Waals surface area contributed by atoms with E-state index in [0.29, 0.717) is 13.1 Å². The highest BCUT2D eigenvalue weighted by molar-refractivity contribution is 5.88. The van der Waals surface area contributed by atoms with E-state index >= 15 is 0 Å². The summed E-state index contributed by atoms with van der Waals surface area (Å²) >= 11 is 0. The van der Waals surface area contributed by atoms with E-state index in [-0.39, 0.29) is 23.2 Å². The first-order chi connectivity index (χ1) is 16.6. The molecule has 1 amide bonds. The van der Waals surface area contributed by atoms with Gasteiger partial charge < -0.3 is 9.80 Å². The first kappa shape index (κ1) is 23.1. The van der Waals surface area contributed by atoms with Gasteiger partial charge in [0.2, 0.25) is 17.5 Å². The van der Waals surface area contributed by atoms with E-state index in [1.165, 1.54) is 6.33 Å². The molecule has 2 aromatic carbocycles. The topological polar surface area (TPSA) is 117 Å². The number of hydrazine groups is 1. The fraction of sp³-hybridized carbons (Fsp3) is 0.292. The number of piperazine rings is 1. The minimum absolute atomic E-state index is 0.0545. The monoisotopic (exact) mass is 461 g/mol. The summed E-state index contributed by atoms with van der Waals surface area (Å²) in [6.07, 6.45) is 1.27. The molecule has 0 spiro atoms. The van der Waals surface area contributed by atoms with E-state index in [1.807, 2.05) is 65.6 Å². The molecule has 0 bridgehead atoms. The third-order valence-corrected chi connectivity index (χ3v) is 5.94. The van der Waals surface area contributed by atoms with Gasteiger partial charge >= 0.3 is 5.69 Å². The van der Waals surface area contributed by atoms with Crippen LogP contribution in [-0.2, 0) is 4.79 Å². The minimum Gasteiger partial charge on any atom is -0.348 e. The normalized spacial score (nSPS) is 14.1. The molecule has 10 nitrogen and oxygen atoms in total. The number of hydrogen-bond donors (Lipinski definition) is 2. The standard InChI is InChI=1S/C24H27N7O3/c1-2-29-13-15-30(16-14-29)23-21(31(33)34)22(25-17-26-23)27-28-24(32)20(18-9-5-3-6-10-18)19-11-7-4-8-12-19/h3-12,17,20H,2,13-16H2,1H3,(H,28,32)(H,25,26,27). The van der Waals surface area contributed by atoms with Gasteiger partial charge in [-0.1, -0.05) is 67.6 Å². The van der Waals surface area contributed by atoms with Crippen LogP contribution >= 0.6 is 0 Å². The third kappa shape index (κ3) is 5.12. The fourth-order valence-electron chi connectivity index (χ4n) is 4.12. The Hall–Kier alpha value is -4.05. The van der Waals surface area contributed by atoms with Crippen LogP contribution in [0.4, 0.5) is 17.3 Å². The number of rotatable bonds is 8. The summed E-state index contributed by atoms with van der Waals surface area (Å²) in [5.74, 6) is -0.767. The zero-order chi connectivity index (χ0) is 23.9. The maximum absolute atomic E-state index is 13.3. The molecular weight excluding hydrogens is 434 g/mol. The third-order valence-electron chi connectivity index (χ3n) is 5.94. The molecule has 1 saturated heterocycles. The Balaban J connectivity index is 1.56. The zero-order valence-corrected chi connectivity index (χ0v) is 18.9. The van der Waals surface area contributed by atoms with Crippen LogP contribution in [0.15, 0.2) is 67.0 Å². The van der Waals surface area contributed by atoms with Crippen LogP contribution in [-0.4, -0.2) is 58.4 Å². The highest BCUT2D eigenvalue weighted by Crippen LogP contribution is 2.32. The van der Waals surface area contributed by atoms with E-state index in [1.54, 1.807) is 0 Å². The number of aromatic nitrogens is 2. The molecule has 0 saturated carbocycles. The number of hydrogen-bond acceptors (Lipinski definition) is 8. The Morgan fingerprint density at radius 2 is 1.59 bits per heavy atom. The van der Waals surface area contributed by atoms with Crippen LogP contribution in [0.3, 0.4) is 0 Å². The molecule has 0 atom stereocenters. The number of nitrogens with one attached hydrogen (secondary N) is 2. The minimum atomic E-state index is -0.600. The smallest absolute Gasteiger partial charge is 0.348 e.